The van der Waals surface area contributed by atoms with Crippen molar-refractivity contribution >= 4 is 0 Å². The Labute approximate surface area is 95.8 Å². The number of halogens is 3. The molecule has 1 N–H and O–H groups in total. The largest absolute Gasteiger partial charge is 0.407 e. The standard InChI is InChI=1S/C12H22F3N/c1-4-8-16-11(12(13,14)15)9(2)6-5-7-10(11)3/h9-10,16H,4-8H2,1-3H3. The lowest BCUT2D eigenvalue weighted by atomic mass is 9.66. The third kappa shape index (κ3) is 2.22. The minimum absolute atomic E-state index is 0.331. The highest BCUT2D eigenvalue weighted by Crippen LogP contribution is 2.48. The normalized spacial score (nSPS) is 36.4. The van der Waals surface area contributed by atoms with E-state index in [0.29, 0.717) is 19.4 Å². The second-order valence-corrected chi connectivity index (χ2v) is 5.03. The van der Waals surface area contributed by atoms with Crippen LogP contribution < -0.4 is 5.32 Å². The molecule has 1 fully saturated rings. The van der Waals surface area contributed by atoms with Gasteiger partial charge in [0.25, 0.3) is 0 Å². The van der Waals surface area contributed by atoms with E-state index in [9.17, 15) is 13.2 Å². The molecule has 2 unspecified atom stereocenters. The first-order chi connectivity index (χ1) is 7.36. The molecule has 0 heterocycles. The van der Waals surface area contributed by atoms with E-state index in [0.717, 1.165) is 12.8 Å². The molecule has 0 spiro atoms. The van der Waals surface area contributed by atoms with Crippen LogP contribution in [0.3, 0.4) is 0 Å². The third-order valence-electron chi connectivity index (χ3n) is 3.97. The first-order valence-corrected chi connectivity index (χ1v) is 6.18. The van der Waals surface area contributed by atoms with Gasteiger partial charge in [0.1, 0.15) is 5.54 Å². The molecule has 0 aromatic rings. The summed E-state index contributed by atoms with van der Waals surface area (Å²) < 4.78 is 40.1. The molecular weight excluding hydrogens is 215 g/mol. The van der Waals surface area contributed by atoms with Crippen molar-refractivity contribution in [3.63, 3.8) is 0 Å². The number of nitrogens with one attached hydrogen (secondary N) is 1. The minimum atomic E-state index is -4.15. The van der Waals surface area contributed by atoms with Crippen LogP contribution in [-0.4, -0.2) is 18.3 Å². The van der Waals surface area contributed by atoms with Crippen LogP contribution >= 0.6 is 0 Å². The molecule has 0 aliphatic heterocycles. The zero-order valence-electron chi connectivity index (χ0n) is 10.3. The number of alkyl halides is 3. The number of hydrogen-bond donors (Lipinski definition) is 1. The monoisotopic (exact) mass is 237 g/mol. The Morgan fingerprint density at radius 3 is 2.06 bits per heavy atom. The summed E-state index contributed by atoms with van der Waals surface area (Å²) in [6.45, 7) is 5.79. The van der Waals surface area contributed by atoms with Gasteiger partial charge in [-0.05, 0) is 37.6 Å². The summed E-state index contributed by atoms with van der Waals surface area (Å²) in [5.74, 6) is -0.661. The van der Waals surface area contributed by atoms with Gasteiger partial charge in [-0.25, -0.2) is 0 Å². The average molecular weight is 237 g/mol. The third-order valence-corrected chi connectivity index (χ3v) is 3.97. The molecule has 1 rings (SSSR count). The van der Waals surface area contributed by atoms with Crippen molar-refractivity contribution in [2.45, 2.75) is 58.2 Å². The Morgan fingerprint density at radius 1 is 1.19 bits per heavy atom. The molecule has 0 amide bonds. The first kappa shape index (κ1) is 13.8. The molecule has 1 nitrogen and oxygen atoms in total. The Balaban J connectivity index is 2.99. The molecule has 1 saturated carbocycles. The molecule has 0 saturated heterocycles. The van der Waals surface area contributed by atoms with Crippen LogP contribution in [-0.2, 0) is 0 Å². The van der Waals surface area contributed by atoms with Gasteiger partial charge in [0, 0.05) is 0 Å². The fourth-order valence-electron chi connectivity index (χ4n) is 3.01. The van der Waals surface area contributed by atoms with Crippen molar-refractivity contribution in [2.75, 3.05) is 6.54 Å². The average Bonchev–Trinajstić information content (AvgIpc) is 2.15. The summed E-state index contributed by atoms with van der Waals surface area (Å²) in [6, 6.07) is 0. The van der Waals surface area contributed by atoms with Gasteiger partial charge in [-0.3, -0.25) is 0 Å². The van der Waals surface area contributed by atoms with Gasteiger partial charge in [-0.2, -0.15) is 13.2 Å². The van der Waals surface area contributed by atoms with E-state index in [-0.39, 0.29) is 11.8 Å². The quantitative estimate of drug-likeness (QED) is 0.788. The maximum Gasteiger partial charge on any atom is 0.407 e. The van der Waals surface area contributed by atoms with Crippen molar-refractivity contribution in [2.24, 2.45) is 11.8 Å². The predicted molar refractivity (Wildman–Crippen MR) is 59.3 cm³/mol. The van der Waals surface area contributed by atoms with Gasteiger partial charge in [0.15, 0.2) is 0 Å². The van der Waals surface area contributed by atoms with Crippen LogP contribution in [0.25, 0.3) is 0 Å². The molecule has 0 bridgehead atoms. The summed E-state index contributed by atoms with van der Waals surface area (Å²) in [4.78, 5) is 0. The SMILES string of the molecule is CCCNC1(C(F)(F)F)C(C)CCCC1C. The van der Waals surface area contributed by atoms with Gasteiger partial charge < -0.3 is 5.32 Å². The van der Waals surface area contributed by atoms with Gasteiger partial charge in [-0.15, -0.1) is 0 Å². The highest BCUT2D eigenvalue weighted by molar-refractivity contribution is 5.04. The molecule has 0 aromatic carbocycles. The Bertz CT molecular complexity index is 215. The Kier molecular flexibility index (Phi) is 4.27. The second-order valence-electron chi connectivity index (χ2n) is 5.03. The maximum atomic E-state index is 13.4. The van der Waals surface area contributed by atoms with E-state index >= 15 is 0 Å². The maximum absolute atomic E-state index is 13.4. The summed E-state index contributed by atoms with van der Waals surface area (Å²) in [7, 11) is 0. The molecule has 0 aromatic heterocycles. The topological polar surface area (TPSA) is 12.0 Å². The van der Waals surface area contributed by atoms with E-state index in [1.807, 2.05) is 6.92 Å². The molecule has 1 aliphatic rings. The van der Waals surface area contributed by atoms with Crippen molar-refractivity contribution in [1.29, 1.82) is 0 Å². The van der Waals surface area contributed by atoms with Crippen molar-refractivity contribution in [3.8, 4) is 0 Å². The van der Waals surface area contributed by atoms with Crippen molar-refractivity contribution in [1.82, 2.24) is 5.32 Å². The smallest absolute Gasteiger partial charge is 0.303 e. The van der Waals surface area contributed by atoms with Crippen molar-refractivity contribution < 1.29 is 13.2 Å². The Morgan fingerprint density at radius 2 is 1.69 bits per heavy atom. The first-order valence-electron chi connectivity index (χ1n) is 6.18. The van der Waals surface area contributed by atoms with Gasteiger partial charge in [0.2, 0.25) is 0 Å². The summed E-state index contributed by atoms with van der Waals surface area (Å²) in [5.41, 5.74) is -1.67. The molecule has 16 heavy (non-hydrogen) atoms. The van der Waals surface area contributed by atoms with Gasteiger partial charge >= 0.3 is 6.18 Å². The van der Waals surface area contributed by atoms with E-state index < -0.39 is 11.7 Å². The predicted octanol–water partition coefficient (Wildman–Crippen LogP) is 3.74. The summed E-state index contributed by atoms with van der Waals surface area (Å²) in [5, 5.41) is 2.80. The lowest BCUT2D eigenvalue weighted by Crippen LogP contribution is -2.66. The van der Waals surface area contributed by atoms with Crippen LogP contribution in [0.4, 0.5) is 13.2 Å². The lowest BCUT2D eigenvalue weighted by molar-refractivity contribution is -0.234. The van der Waals surface area contributed by atoms with Gasteiger partial charge in [-0.1, -0.05) is 27.2 Å². The lowest BCUT2D eigenvalue weighted by Gasteiger charge is -2.49. The van der Waals surface area contributed by atoms with Crippen LogP contribution in [0.15, 0.2) is 0 Å². The fourth-order valence-corrected chi connectivity index (χ4v) is 3.01. The van der Waals surface area contributed by atoms with Crippen LogP contribution in [0, 0.1) is 11.8 Å². The van der Waals surface area contributed by atoms with Crippen LogP contribution in [0.1, 0.15) is 46.5 Å². The second kappa shape index (κ2) is 4.94. The zero-order chi connectivity index (χ0) is 12.4. The molecule has 96 valence electrons. The van der Waals surface area contributed by atoms with E-state index in [4.69, 9.17) is 0 Å². The number of hydrogen-bond acceptors (Lipinski definition) is 1. The minimum Gasteiger partial charge on any atom is -0.303 e. The van der Waals surface area contributed by atoms with Crippen LogP contribution in [0.2, 0.25) is 0 Å². The van der Waals surface area contributed by atoms with Gasteiger partial charge in [0.05, 0.1) is 0 Å². The summed E-state index contributed by atoms with van der Waals surface area (Å²) in [6.07, 6.45) is -1.17. The van der Waals surface area contributed by atoms with E-state index in [1.54, 1.807) is 13.8 Å². The molecule has 4 heteroatoms. The molecule has 0 radical (unpaired) electrons. The number of rotatable bonds is 3. The highest BCUT2D eigenvalue weighted by Gasteiger charge is 2.61. The fraction of sp³-hybridized carbons (Fsp3) is 1.00. The van der Waals surface area contributed by atoms with Crippen LogP contribution in [0.5, 0.6) is 0 Å². The van der Waals surface area contributed by atoms with Crippen molar-refractivity contribution in [3.05, 3.63) is 0 Å². The molecule has 1 aliphatic carbocycles. The summed E-state index contributed by atoms with van der Waals surface area (Å²) >= 11 is 0. The Hall–Kier alpha value is -0.250. The molecule has 2 atom stereocenters. The van der Waals surface area contributed by atoms with E-state index in [1.165, 1.54) is 0 Å². The zero-order valence-corrected chi connectivity index (χ0v) is 10.3. The van der Waals surface area contributed by atoms with E-state index in [2.05, 4.69) is 5.32 Å². The highest BCUT2D eigenvalue weighted by atomic mass is 19.4. The molecular formula is C12H22F3N.